The summed E-state index contributed by atoms with van der Waals surface area (Å²) in [7, 11) is 0. The molecule has 1 aromatic carbocycles. The number of halogens is 1. The molecular formula is C11H14FN3O. The predicted molar refractivity (Wildman–Crippen MR) is 60.0 cm³/mol. The number of benzene rings is 1. The van der Waals surface area contributed by atoms with Gasteiger partial charge in [-0.1, -0.05) is 6.07 Å². The van der Waals surface area contributed by atoms with Crippen molar-refractivity contribution >= 4 is 17.3 Å². The lowest BCUT2D eigenvalue weighted by atomic mass is 9.97. The minimum atomic E-state index is -0.500. The number of amides is 1. The van der Waals surface area contributed by atoms with E-state index < -0.39 is 5.82 Å². The van der Waals surface area contributed by atoms with Crippen molar-refractivity contribution in [1.29, 1.82) is 0 Å². The second-order valence-electron chi connectivity index (χ2n) is 4.02. The maximum atomic E-state index is 13.7. The van der Waals surface area contributed by atoms with Crippen LogP contribution in [0.15, 0.2) is 12.1 Å². The van der Waals surface area contributed by atoms with Crippen LogP contribution in [0.25, 0.3) is 0 Å². The smallest absolute Gasteiger partial charge is 0.223 e. The predicted octanol–water partition coefficient (Wildman–Crippen LogP) is 0.669. The zero-order valence-corrected chi connectivity index (χ0v) is 8.79. The molecule has 5 heteroatoms. The molecule has 1 unspecified atom stereocenters. The average molecular weight is 223 g/mol. The summed E-state index contributed by atoms with van der Waals surface area (Å²) in [6.07, 6.45) is 1.12. The summed E-state index contributed by atoms with van der Waals surface area (Å²) in [5, 5.41) is 2.72. The highest BCUT2D eigenvalue weighted by Crippen LogP contribution is 2.25. The third-order valence-electron chi connectivity index (χ3n) is 2.92. The van der Waals surface area contributed by atoms with Crippen LogP contribution in [0.2, 0.25) is 0 Å². The zero-order chi connectivity index (χ0) is 11.7. The normalized spacial score (nSPS) is 19.8. The molecule has 4 nitrogen and oxygen atoms in total. The molecule has 0 radical (unpaired) electrons. The van der Waals surface area contributed by atoms with Crippen LogP contribution in [0.5, 0.6) is 0 Å². The first kappa shape index (κ1) is 10.7. The van der Waals surface area contributed by atoms with Crippen molar-refractivity contribution in [1.82, 2.24) is 5.32 Å². The van der Waals surface area contributed by atoms with Crippen LogP contribution >= 0.6 is 0 Å². The third kappa shape index (κ3) is 1.80. The first-order chi connectivity index (χ1) is 7.59. The van der Waals surface area contributed by atoms with Gasteiger partial charge in [0.25, 0.3) is 0 Å². The van der Waals surface area contributed by atoms with Gasteiger partial charge in [0, 0.05) is 12.5 Å². The molecule has 2 rings (SSSR count). The van der Waals surface area contributed by atoms with E-state index in [1.54, 1.807) is 12.1 Å². The number of hydrogen-bond donors (Lipinski definition) is 3. The van der Waals surface area contributed by atoms with E-state index in [0.29, 0.717) is 18.5 Å². The van der Waals surface area contributed by atoms with Crippen LogP contribution in [-0.4, -0.2) is 12.5 Å². The minimum absolute atomic E-state index is 0.0187. The van der Waals surface area contributed by atoms with Crippen molar-refractivity contribution in [2.75, 3.05) is 18.0 Å². The summed E-state index contributed by atoms with van der Waals surface area (Å²) in [5.74, 6) is -0.674. The van der Waals surface area contributed by atoms with Gasteiger partial charge in [0.2, 0.25) is 5.91 Å². The van der Waals surface area contributed by atoms with E-state index in [0.717, 1.165) is 6.42 Å². The first-order valence-electron chi connectivity index (χ1n) is 5.19. The summed E-state index contributed by atoms with van der Waals surface area (Å²) in [4.78, 5) is 11.4. The Morgan fingerprint density at radius 3 is 2.81 bits per heavy atom. The summed E-state index contributed by atoms with van der Waals surface area (Å²) in [6, 6.07) is 3.16. The van der Waals surface area contributed by atoms with Crippen LogP contribution in [0.3, 0.4) is 0 Å². The molecule has 1 atom stereocenters. The summed E-state index contributed by atoms with van der Waals surface area (Å²) >= 11 is 0. The molecule has 1 heterocycles. The standard InChI is InChI=1S/C11H14FN3O/c12-9-6(1-2-8(13)10(9)14)5-7-3-4-15-11(7)16/h1-2,7H,3-5,13-14H2,(H,15,16). The third-order valence-corrected chi connectivity index (χ3v) is 2.92. The van der Waals surface area contributed by atoms with Crippen molar-refractivity contribution in [3.05, 3.63) is 23.5 Å². The van der Waals surface area contributed by atoms with E-state index in [9.17, 15) is 9.18 Å². The van der Waals surface area contributed by atoms with Crippen molar-refractivity contribution in [3.63, 3.8) is 0 Å². The maximum Gasteiger partial charge on any atom is 0.223 e. The van der Waals surface area contributed by atoms with E-state index in [4.69, 9.17) is 11.5 Å². The van der Waals surface area contributed by atoms with Crippen molar-refractivity contribution in [2.24, 2.45) is 5.92 Å². The Kier molecular flexibility index (Phi) is 2.68. The number of nitrogen functional groups attached to an aromatic ring is 2. The second kappa shape index (κ2) is 4.00. The lowest BCUT2D eigenvalue weighted by Gasteiger charge is -2.10. The van der Waals surface area contributed by atoms with Crippen LogP contribution in [0.1, 0.15) is 12.0 Å². The van der Waals surface area contributed by atoms with E-state index in [-0.39, 0.29) is 23.2 Å². The topological polar surface area (TPSA) is 81.1 Å². The number of nitrogens with one attached hydrogen (secondary N) is 1. The van der Waals surface area contributed by atoms with E-state index in [1.807, 2.05) is 0 Å². The Labute approximate surface area is 92.8 Å². The highest BCUT2D eigenvalue weighted by atomic mass is 19.1. The van der Waals surface area contributed by atoms with Crippen molar-refractivity contribution in [3.8, 4) is 0 Å². The van der Waals surface area contributed by atoms with Gasteiger partial charge in [-0.15, -0.1) is 0 Å². The lowest BCUT2D eigenvalue weighted by Crippen LogP contribution is -2.20. The van der Waals surface area contributed by atoms with E-state index >= 15 is 0 Å². The Morgan fingerprint density at radius 2 is 2.19 bits per heavy atom. The molecule has 16 heavy (non-hydrogen) atoms. The fraction of sp³-hybridized carbons (Fsp3) is 0.364. The van der Waals surface area contributed by atoms with Gasteiger partial charge in [-0.05, 0) is 24.5 Å². The van der Waals surface area contributed by atoms with Crippen LogP contribution < -0.4 is 16.8 Å². The highest BCUT2D eigenvalue weighted by molar-refractivity contribution is 5.81. The summed E-state index contributed by atoms with van der Waals surface area (Å²) in [5.41, 5.74) is 11.6. The molecule has 5 N–H and O–H groups in total. The Balaban J connectivity index is 2.22. The Bertz CT molecular complexity index is 433. The summed E-state index contributed by atoms with van der Waals surface area (Å²) < 4.78 is 13.7. The van der Waals surface area contributed by atoms with Crippen molar-refractivity contribution < 1.29 is 9.18 Å². The fourth-order valence-corrected chi connectivity index (χ4v) is 1.92. The maximum absolute atomic E-state index is 13.7. The SMILES string of the molecule is Nc1ccc(CC2CCNC2=O)c(F)c1N. The largest absolute Gasteiger partial charge is 0.397 e. The molecule has 0 spiro atoms. The van der Waals surface area contributed by atoms with E-state index in [2.05, 4.69) is 5.32 Å². The van der Waals surface area contributed by atoms with Gasteiger partial charge in [0.1, 0.15) is 0 Å². The zero-order valence-electron chi connectivity index (χ0n) is 8.79. The first-order valence-corrected chi connectivity index (χ1v) is 5.19. The number of nitrogens with two attached hydrogens (primary N) is 2. The average Bonchev–Trinajstić information content (AvgIpc) is 2.65. The number of carbonyl (C=O) groups excluding carboxylic acids is 1. The van der Waals surface area contributed by atoms with Gasteiger partial charge < -0.3 is 16.8 Å². The number of anilines is 2. The number of rotatable bonds is 2. The Hall–Kier alpha value is -1.78. The molecule has 1 aliphatic heterocycles. The highest BCUT2D eigenvalue weighted by Gasteiger charge is 2.25. The molecule has 0 bridgehead atoms. The molecular weight excluding hydrogens is 209 g/mol. The molecule has 1 saturated heterocycles. The molecule has 1 fully saturated rings. The van der Waals surface area contributed by atoms with Crippen LogP contribution in [0.4, 0.5) is 15.8 Å². The van der Waals surface area contributed by atoms with Crippen molar-refractivity contribution in [2.45, 2.75) is 12.8 Å². The Morgan fingerprint density at radius 1 is 1.44 bits per heavy atom. The van der Waals surface area contributed by atoms with Gasteiger partial charge >= 0.3 is 0 Å². The van der Waals surface area contributed by atoms with Crippen LogP contribution in [0, 0.1) is 11.7 Å². The fourth-order valence-electron chi connectivity index (χ4n) is 1.92. The van der Waals surface area contributed by atoms with E-state index in [1.165, 1.54) is 0 Å². The summed E-state index contributed by atoms with van der Waals surface area (Å²) in [6.45, 7) is 0.662. The van der Waals surface area contributed by atoms with Gasteiger partial charge in [-0.25, -0.2) is 4.39 Å². The quantitative estimate of drug-likeness (QED) is 0.644. The van der Waals surface area contributed by atoms with Gasteiger partial charge in [0.15, 0.2) is 5.82 Å². The van der Waals surface area contributed by atoms with Gasteiger partial charge in [0.05, 0.1) is 11.4 Å². The lowest BCUT2D eigenvalue weighted by molar-refractivity contribution is -0.122. The molecule has 0 aliphatic carbocycles. The molecule has 86 valence electrons. The van der Waals surface area contributed by atoms with Gasteiger partial charge in [-0.3, -0.25) is 4.79 Å². The monoisotopic (exact) mass is 223 g/mol. The number of carbonyl (C=O) groups is 1. The van der Waals surface area contributed by atoms with Gasteiger partial charge in [-0.2, -0.15) is 0 Å². The molecule has 1 amide bonds. The number of hydrogen-bond acceptors (Lipinski definition) is 3. The minimum Gasteiger partial charge on any atom is -0.397 e. The van der Waals surface area contributed by atoms with Crippen LogP contribution in [-0.2, 0) is 11.2 Å². The second-order valence-corrected chi connectivity index (χ2v) is 4.02. The molecule has 0 aromatic heterocycles. The molecule has 0 saturated carbocycles. The molecule has 1 aliphatic rings. The molecule has 1 aromatic rings.